The highest BCUT2D eigenvalue weighted by atomic mass is 35.5. The molecule has 3 aromatic rings. The summed E-state index contributed by atoms with van der Waals surface area (Å²) < 4.78 is 1.81. The molecule has 1 unspecified atom stereocenters. The number of nitrogens with one attached hydrogen (secondary N) is 1. The van der Waals surface area contributed by atoms with Crippen molar-refractivity contribution in [1.82, 2.24) is 19.6 Å². The molecule has 2 aliphatic heterocycles. The Balaban J connectivity index is 1.16. The summed E-state index contributed by atoms with van der Waals surface area (Å²) in [5.74, 6) is 0.825. The lowest BCUT2D eigenvalue weighted by molar-refractivity contribution is 0.0524. The van der Waals surface area contributed by atoms with E-state index >= 15 is 0 Å². The second-order valence-electron chi connectivity index (χ2n) is 9.54. The minimum absolute atomic E-state index is 0.0559. The molecule has 1 N–H and O–H groups in total. The molecule has 34 heavy (non-hydrogen) atoms. The maximum absolute atomic E-state index is 13.7. The van der Waals surface area contributed by atoms with E-state index in [1.807, 2.05) is 41.9 Å². The molecular weight excluding hydrogens is 450 g/mol. The average molecular weight is 476 g/mol. The first-order chi connectivity index (χ1) is 16.5. The first-order valence-corrected chi connectivity index (χ1v) is 12.1. The van der Waals surface area contributed by atoms with Crippen LogP contribution in [0.2, 0.25) is 5.02 Å². The topological polar surface area (TPSA) is 70.5 Å². The van der Waals surface area contributed by atoms with Crippen LogP contribution < -0.4 is 5.32 Å². The van der Waals surface area contributed by atoms with Crippen LogP contribution in [0.5, 0.6) is 0 Å². The molecule has 1 atom stereocenters. The SMILES string of the molecule is Cc1nn(-c2ccccc2)c2c1C(C1CC1)N(CC1CN(C(=O)Nc3ccc(Cl)cc3)C1)C2=O. The van der Waals surface area contributed by atoms with Crippen molar-refractivity contribution < 1.29 is 9.59 Å². The van der Waals surface area contributed by atoms with Gasteiger partial charge in [-0.25, -0.2) is 9.48 Å². The van der Waals surface area contributed by atoms with Crippen molar-refractivity contribution in [3.05, 3.63) is 76.6 Å². The Morgan fingerprint density at radius 1 is 1.09 bits per heavy atom. The lowest BCUT2D eigenvalue weighted by atomic mass is 9.97. The number of rotatable bonds is 5. The van der Waals surface area contributed by atoms with Crippen LogP contribution in [0.4, 0.5) is 10.5 Å². The predicted molar refractivity (Wildman–Crippen MR) is 130 cm³/mol. The second kappa shape index (κ2) is 8.17. The van der Waals surface area contributed by atoms with Crippen molar-refractivity contribution in [2.45, 2.75) is 25.8 Å². The number of aromatic nitrogens is 2. The van der Waals surface area contributed by atoms with E-state index in [-0.39, 0.29) is 23.9 Å². The van der Waals surface area contributed by atoms with Crippen LogP contribution in [-0.4, -0.2) is 51.2 Å². The van der Waals surface area contributed by atoms with Gasteiger partial charge in [-0.05, 0) is 62.1 Å². The molecule has 1 aliphatic carbocycles. The Morgan fingerprint density at radius 3 is 2.47 bits per heavy atom. The van der Waals surface area contributed by atoms with Gasteiger partial charge in [0.1, 0.15) is 5.69 Å². The Labute approximate surface area is 203 Å². The Hall–Kier alpha value is -3.32. The summed E-state index contributed by atoms with van der Waals surface area (Å²) in [6.45, 7) is 3.95. The van der Waals surface area contributed by atoms with Gasteiger partial charge in [-0.15, -0.1) is 0 Å². The summed E-state index contributed by atoms with van der Waals surface area (Å²) in [4.78, 5) is 30.1. The number of nitrogens with zero attached hydrogens (tertiary/aromatic N) is 4. The number of carbonyl (C=O) groups is 2. The molecule has 1 saturated heterocycles. The summed E-state index contributed by atoms with van der Waals surface area (Å²) in [6.07, 6.45) is 2.29. The lowest BCUT2D eigenvalue weighted by Gasteiger charge is -2.42. The fraction of sp³-hybridized carbons (Fsp3) is 0.346. The van der Waals surface area contributed by atoms with Crippen LogP contribution >= 0.6 is 11.6 Å². The quantitative estimate of drug-likeness (QED) is 0.570. The number of hydrogen-bond donors (Lipinski definition) is 1. The largest absolute Gasteiger partial charge is 0.329 e. The third-order valence-corrected chi connectivity index (χ3v) is 7.32. The van der Waals surface area contributed by atoms with E-state index in [4.69, 9.17) is 16.7 Å². The number of likely N-dealkylation sites (tertiary alicyclic amines) is 1. The zero-order valence-corrected chi connectivity index (χ0v) is 19.7. The van der Waals surface area contributed by atoms with Gasteiger partial charge in [0.05, 0.1) is 17.4 Å². The number of carbonyl (C=O) groups excluding carboxylic acids is 2. The number of para-hydroxylation sites is 1. The molecule has 8 heteroatoms. The molecule has 3 heterocycles. The fourth-order valence-electron chi connectivity index (χ4n) is 5.24. The molecule has 6 rings (SSSR count). The van der Waals surface area contributed by atoms with E-state index in [0.717, 1.165) is 35.5 Å². The van der Waals surface area contributed by atoms with E-state index in [1.165, 1.54) is 0 Å². The van der Waals surface area contributed by atoms with E-state index in [1.54, 1.807) is 29.2 Å². The molecule has 0 radical (unpaired) electrons. The van der Waals surface area contributed by atoms with Gasteiger partial charge >= 0.3 is 6.03 Å². The van der Waals surface area contributed by atoms with Crippen molar-refractivity contribution in [3.63, 3.8) is 0 Å². The molecule has 1 aromatic heterocycles. The average Bonchev–Trinajstić information content (AvgIpc) is 3.53. The summed E-state index contributed by atoms with van der Waals surface area (Å²) >= 11 is 5.92. The Kier molecular flexibility index (Phi) is 5.10. The number of fused-ring (bicyclic) bond motifs is 1. The van der Waals surface area contributed by atoms with Crippen LogP contribution in [0.1, 0.15) is 40.6 Å². The van der Waals surface area contributed by atoms with E-state index in [2.05, 4.69) is 10.2 Å². The van der Waals surface area contributed by atoms with Gasteiger partial charge in [-0.3, -0.25) is 4.79 Å². The Bertz CT molecular complexity index is 1250. The minimum Gasteiger partial charge on any atom is -0.329 e. The highest BCUT2D eigenvalue weighted by molar-refractivity contribution is 6.30. The molecule has 0 spiro atoms. The van der Waals surface area contributed by atoms with Gasteiger partial charge in [0.25, 0.3) is 5.91 Å². The number of benzene rings is 2. The molecule has 2 fully saturated rings. The molecule has 1 saturated carbocycles. The Morgan fingerprint density at radius 2 is 1.79 bits per heavy atom. The molecule has 2 aromatic carbocycles. The van der Waals surface area contributed by atoms with Gasteiger partial charge in [-0.2, -0.15) is 5.10 Å². The number of hydrogen-bond acceptors (Lipinski definition) is 3. The monoisotopic (exact) mass is 475 g/mol. The number of urea groups is 1. The fourth-order valence-corrected chi connectivity index (χ4v) is 5.36. The zero-order chi connectivity index (χ0) is 23.4. The van der Waals surface area contributed by atoms with Gasteiger partial charge in [0.2, 0.25) is 0 Å². The first kappa shape index (κ1) is 21.2. The highest BCUT2D eigenvalue weighted by Crippen LogP contribution is 2.51. The second-order valence-corrected chi connectivity index (χ2v) is 9.98. The number of anilines is 1. The molecule has 174 valence electrons. The first-order valence-electron chi connectivity index (χ1n) is 11.8. The minimum atomic E-state index is -0.121. The lowest BCUT2D eigenvalue weighted by Crippen LogP contribution is -2.55. The number of aryl methyl sites for hydroxylation is 1. The van der Waals surface area contributed by atoms with Crippen molar-refractivity contribution in [1.29, 1.82) is 0 Å². The summed E-state index contributed by atoms with van der Waals surface area (Å²) in [5.41, 5.74) is 4.36. The van der Waals surface area contributed by atoms with Gasteiger partial charge in [0, 0.05) is 41.8 Å². The van der Waals surface area contributed by atoms with Crippen LogP contribution in [0, 0.1) is 18.8 Å². The van der Waals surface area contributed by atoms with Crippen molar-refractivity contribution in [3.8, 4) is 5.69 Å². The summed E-state index contributed by atoms with van der Waals surface area (Å²) in [5, 5.41) is 8.29. The van der Waals surface area contributed by atoms with Crippen molar-refractivity contribution >= 4 is 29.2 Å². The third-order valence-electron chi connectivity index (χ3n) is 7.07. The maximum atomic E-state index is 13.7. The smallest absolute Gasteiger partial charge is 0.321 e. The van der Waals surface area contributed by atoms with Crippen LogP contribution in [0.15, 0.2) is 54.6 Å². The normalized spacial score (nSPS) is 19.8. The summed E-state index contributed by atoms with van der Waals surface area (Å²) in [7, 11) is 0. The summed E-state index contributed by atoms with van der Waals surface area (Å²) in [6, 6.07) is 16.9. The van der Waals surface area contributed by atoms with E-state index in [9.17, 15) is 9.59 Å². The molecule has 7 nitrogen and oxygen atoms in total. The predicted octanol–water partition coefficient (Wildman–Crippen LogP) is 4.90. The standard InChI is InChI=1S/C26H26ClN5O2/c1-16-22-23(18-7-8-18)31(25(33)24(22)32(29-16)21-5-3-2-4-6-21)15-17-13-30(14-17)26(34)28-20-11-9-19(27)10-12-20/h2-6,9-12,17-18,23H,7-8,13-15H2,1H3,(H,28,34). The highest BCUT2D eigenvalue weighted by Gasteiger charge is 2.50. The molecular formula is C26H26ClN5O2. The molecule has 3 amide bonds. The zero-order valence-electron chi connectivity index (χ0n) is 18.9. The van der Waals surface area contributed by atoms with Crippen LogP contribution in [-0.2, 0) is 0 Å². The van der Waals surface area contributed by atoms with E-state index in [0.29, 0.717) is 36.3 Å². The van der Waals surface area contributed by atoms with Crippen LogP contribution in [0.3, 0.4) is 0 Å². The maximum Gasteiger partial charge on any atom is 0.321 e. The van der Waals surface area contributed by atoms with Crippen molar-refractivity contribution in [2.75, 3.05) is 25.0 Å². The third kappa shape index (κ3) is 3.64. The molecule has 3 aliphatic rings. The van der Waals surface area contributed by atoms with E-state index < -0.39 is 0 Å². The number of amides is 3. The number of halogens is 1. The van der Waals surface area contributed by atoms with Crippen LogP contribution in [0.25, 0.3) is 5.69 Å². The van der Waals surface area contributed by atoms with Gasteiger partial charge < -0.3 is 15.1 Å². The van der Waals surface area contributed by atoms with Crippen molar-refractivity contribution in [2.24, 2.45) is 11.8 Å². The van der Waals surface area contributed by atoms with Gasteiger partial charge in [0.15, 0.2) is 0 Å². The van der Waals surface area contributed by atoms with Gasteiger partial charge in [-0.1, -0.05) is 29.8 Å². The molecule has 0 bridgehead atoms.